The first-order chi connectivity index (χ1) is 8.79. The van der Waals surface area contributed by atoms with Crippen LogP contribution in [0.5, 0.6) is 0 Å². The molecule has 0 aliphatic carbocycles. The first-order valence-corrected chi connectivity index (χ1v) is 7.23. The van der Waals surface area contributed by atoms with E-state index in [4.69, 9.17) is 5.11 Å². The van der Waals surface area contributed by atoms with E-state index in [1.807, 2.05) is 18.3 Å². The average Bonchev–Trinajstić information content (AvgIpc) is 2.94. The molecule has 0 amide bonds. The molecular formula is C13H11BrN2OS. The van der Waals surface area contributed by atoms with Gasteiger partial charge in [-0.2, -0.15) is 0 Å². The molecule has 0 saturated heterocycles. The molecule has 18 heavy (non-hydrogen) atoms. The molecule has 0 bridgehead atoms. The highest BCUT2D eigenvalue weighted by Crippen LogP contribution is 2.35. The fraction of sp³-hybridized carbons (Fsp3) is 0.154. The summed E-state index contributed by atoms with van der Waals surface area (Å²) < 4.78 is 0.835. The monoisotopic (exact) mass is 322 g/mol. The Bertz CT molecular complexity index is 689. The van der Waals surface area contributed by atoms with Gasteiger partial charge < -0.3 is 10.1 Å². The minimum Gasteiger partial charge on any atom is -0.396 e. The Morgan fingerprint density at radius 2 is 2.17 bits per heavy atom. The highest BCUT2D eigenvalue weighted by atomic mass is 79.9. The lowest BCUT2D eigenvalue weighted by Gasteiger charge is -1.92. The fourth-order valence-electron chi connectivity index (χ4n) is 1.95. The number of aromatic amines is 1. The van der Waals surface area contributed by atoms with Crippen LogP contribution in [0.1, 0.15) is 4.88 Å². The van der Waals surface area contributed by atoms with E-state index in [1.165, 1.54) is 5.39 Å². The lowest BCUT2D eigenvalue weighted by atomic mass is 10.2. The van der Waals surface area contributed by atoms with Gasteiger partial charge in [0, 0.05) is 40.6 Å². The Labute approximate surface area is 117 Å². The Kier molecular flexibility index (Phi) is 3.20. The van der Waals surface area contributed by atoms with Crippen molar-refractivity contribution in [1.29, 1.82) is 0 Å². The zero-order valence-electron chi connectivity index (χ0n) is 9.48. The first kappa shape index (κ1) is 11.9. The van der Waals surface area contributed by atoms with Crippen molar-refractivity contribution >= 4 is 38.2 Å². The van der Waals surface area contributed by atoms with Crippen LogP contribution in [0.15, 0.2) is 35.1 Å². The van der Waals surface area contributed by atoms with Gasteiger partial charge >= 0.3 is 0 Å². The second-order valence-corrected chi connectivity index (χ2v) is 5.79. The summed E-state index contributed by atoms with van der Waals surface area (Å²) in [6, 6.07) is 8.17. The first-order valence-electron chi connectivity index (χ1n) is 5.62. The van der Waals surface area contributed by atoms with Crippen molar-refractivity contribution in [3.63, 3.8) is 0 Å². The van der Waals surface area contributed by atoms with E-state index < -0.39 is 0 Å². The molecule has 0 saturated carbocycles. The molecular weight excluding hydrogens is 312 g/mol. The van der Waals surface area contributed by atoms with Crippen LogP contribution in [0.4, 0.5) is 0 Å². The number of para-hydroxylation sites is 1. The third-order valence-electron chi connectivity index (χ3n) is 2.81. The van der Waals surface area contributed by atoms with Crippen molar-refractivity contribution in [1.82, 2.24) is 9.97 Å². The lowest BCUT2D eigenvalue weighted by Crippen LogP contribution is -1.86. The van der Waals surface area contributed by atoms with Crippen LogP contribution in [0.25, 0.3) is 21.5 Å². The molecule has 0 atom stereocenters. The van der Waals surface area contributed by atoms with Crippen LogP contribution in [0.3, 0.4) is 0 Å². The SMILES string of the molecule is OCCc1sc(-c2c[nH]c3ccccc23)nc1Br. The van der Waals surface area contributed by atoms with Gasteiger partial charge in [0.05, 0.1) is 0 Å². The maximum atomic E-state index is 9.01. The Hall–Kier alpha value is -1.17. The number of H-pyrrole nitrogens is 1. The molecule has 3 rings (SSSR count). The molecule has 0 aliphatic heterocycles. The number of benzene rings is 1. The van der Waals surface area contributed by atoms with E-state index in [0.29, 0.717) is 6.42 Å². The smallest absolute Gasteiger partial charge is 0.127 e. The molecule has 92 valence electrons. The Morgan fingerprint density at radius 3 is 3.00 bits per heavy atom. The zero-order valence-corrected chi connectivity index (χ0v) is 11.9. The maximum Gasteiger partial charge on any atom is 0.127 e. The molecule has 0 unspecified atom stereocenters. The zero-order chi connectivity index (χ0) is 12.5. The van der Waals surface area contributed by atoms with Crippen LogP contribution in [-0.4, -0.2) is 21.7 Å². The summed E-state index contributed by atoms with van der Waals surface area (Å²) in [4.78, 5) is 8.86. The standard InChI is InChI=1S/C13H11BrN2OS/c14-12-11(5-6-17)18-13(16-12)9-7-15-10-4-2-1-3-8(9)10/h1-4,7,15,17H,5-6H2. The largest absolute Gasteiger partial charge is 0.396 e. The number of nitrogens with zero attached hydrogens (tertiary/aromatic N) is 1. The van der Waals surface area contributed by atoms with E-state index in [2.05, 4.69) is 38.0 Å². The third kappa shape index (κ3) is 1.98. The lowest BCUT2D eigenvalue weighted by molar-refractivity contribution is 0.300. The molecule has 0 spiro atoms. The van der Waals surface area contributed by atoms with Crippen molar-refractivity contribution in [3.05, 3.63) is 39.9 Å². The summed E-state index contributed by atoms with van der Waals surface area (Å²) in [6.45, 7) is 0.147. The average molecular weight is 323 g/mol. The normalized spacial score (nSPS) is 11.2. The molecule has 2 heterocycles. The molecule has 0 radical (unpaired) electrons. The van der Waals surface area contributed by atoms with Crippen LogP contribution in [-0.2, 0) is 6.42 Å². The second-order valence-electron chi connectivity index (χ2n) is 3.95. The van der Waals surface area contributed by atoms with Crippen molar-refractivity contribution < 1.29 is 5.11 Å². The van der Waals surface area contributed by atoms with Crippen molar-refractivity contribution in [2.24, 2.45) is 0 Å². The van der Waals surface area contributed by atoms with Crippen LogP contribution in [0, 0.1) is 0 Å². The molecule has 0 aliphatic rings. The van der Waals surface area contributed by atoms with Crippen LogP contribution in [0.2, 0.25) is 0 Å². The molecule has 5 heteroatoms. The third-order valence-corrected chi connectivity index (χ3v) is 4.87. The van der Waals surface area contributed by atoms with Gasteiger partial charge in [0.2, 0.25) is 0 Å². The van der Waals surface area contributed by atoms with E-state index in [9.17, 15) is 0 Å². The molecule has 3 nitrogen and oxygen atoms in total. The number of aromatic nitrogens is 2. The van der Waals surface area contributed by atoms with Gasteiger partial charge in [0.15, 0.2) is 0 Å². The summed E-state index contributed by atoms with van der Waals surface area (Å²) in [5, 5.41) is 11.2. The van der Waals surface area contributed by atoms with E-state index in [0.717, 1.165) is 25.6 Å². The van der Waals surface area contributed by atoms with Crippen molar-refractivity contribution in [3.8, 4) is 10.6 Å². The predicted octanol–water partition coefficient (Wildman–Crippen LogP) is 3.59. The highest BCUT2D eigenvalue weighted by Gasteiger charge is 2.13. The van der Waals surface area contributed by atoms with Crippen LogP contribution < -0.4 is 0 Å². The van der Waals surface area contributed by atoms with Gasteiger partial charge in [0.1, 0.15) is 9.61 Å². The topological polar surface area (TPSA) is 48.9 Å². The van der Waals surface area contributed by atoms with Gasteiger partial charge in [0.25, 0.3) is 0 Å². The van der Waals surface area contributed by atoms with Gasteiger partial charge in [-0.1, -0.05) is 18.2 Å². The molecule has 0 fully saturated rings. The molecule has 2 N–H and O–H groups in total. The summed E-state index contributed by atoms with van der Waals surface area (Å²) in [7, 11) is 0. The number of hydrogen-bond acceptors (Lipinski definition) is 3. The van der Waals surface area contributed by atoms with Crippen molar-refractivity contribution in [2.45, 2.75) is 6.42 Å². The highest BCUT2D eigenvalue weighted by molar-refractivity contribution is 9.10. The molecule has 2 aromatic heterocycles. The van der Waals surface area contributed by atoms with E-state index in [-0.39, 0.29) is 6.61 Å². The summed E-state index contributed by atoms with van der Waals surface area (Å²) >= 11 is 5.06. The summed E-state index contributed by atoms with van der Waals surface area (Å²) in [5.74, 6) is 0. The van der Waals surface area contributed by atoms with Gasteiger partial charge in [-0.05, 0) is 22.0 Å². The number of thiazole rings is 1. The number of fused-ring (bicyclic) bond motifs is 1. The van der Waals surface area contributed by atoms with Crippen molar-refractivity contribution in [2.75, 3.05) is 6.61 Å². The fourth-order valence-corrected chi connectivity index (χ4v) is 3.66. The summed E-state index contributed by atoms with van der Waals surface area (Å²) in [6.07, 6.45) is 2.62. The van der Waals surface area contributed by atoms with Gasteiger partial charge in [-0.15, -0.1) is 11.3 Å². The van der Waals surface area contributed by atoms with Crippen LogP contribution >= 0.6 is 27.3 Å². The minimum atomic E-state index is 0.147. The second kappa shape index (κ2) is 4.84. The van der Waals surface area contributed by atoms with E-state index >= 15 is 0 Å². The quantitative estimate of drug-likeness (QED) is 0.774. The van der Waals surface area contributed by atoms with Gasteiger partial charge in [-0.3, -0.25) is 0 Å². The Balaban J connectivity index is 2.11. The molecule has 3 aromatic rings. The summed E-state index contributed by atoms with van der Waals surface area (Å²) in [5.41, 5.74) is 2.23. The number of aliphatic hydroxyl groups is 1. The van der Waals surface area contributed by atoms with E-state index in [1.54, 1.807) is 11.3 Å². The number of nitrogens with one attached hydrogen (secondary N) is 1. The predicted molar refractivity (Wildman–Crippen MR) is 77.9 cm³/mol. The van der Waals surface area contributed by atoms with Gasteiger partial charge in [-0.25, -0.2) is 4.98 Å². The number of hydrogen-bond donors (Lipinski definition) is 2. The number of rotatable bonds is 3. The maximum absolute atomic E-state index is 9.01. The molecule has 1 aromatic carbocycles. The number of aliphatic hydroxyl groups excluding tert-OH is 1. The Morgan fingerprint density at radius 1 is 1.33 bits per heavy atom. The number of halogens is 1. The minimum absolute atomic E-state index is 0.147.